The maximum absolute atomic E-state index is 6.18. The van der Waals surface area contributed by atoms with Crippen LogP contribution < -0.4 is 0 Å². The second kappa shape index (κ2) is 4.10. The summed E-state index contributed by atoms with van der Waals surface area (Å²) in [7, 11) is 0. The van der Waals surface area contributed by atoms with E-state index in [1.54, 1.807) is 0 Å². The zero-order valence-electron chi connectivity index (χ0n) is 10.7. The quantitative estimate of drug-likeness (QED) is 0.806. The summed E-state index contributed by atoms with van der Waals surface area (Å²) in [6, 6.07) is 0. The number of aromatic nitrogens is 4. The van der Waals surface area contributed by atoms with Gasteiger partial charge < -0.3 is 0 Å². The molecule has 2 aromatic rings. The fourth-order valence-electron chi connectivity index (χ4n) is 2.38. The van der Waals surface area contributed by atoms with Crippen LogP contribution in [0.15, 0.2) is 0 Å². The fourth-order valence-corrected chi connectivity index (χ4v) is 3.88. The number of aryl methyl sites for hydroxylation is 1. The lowest BCUT2D eigenvalue weighted by atomic mass is 10.1. The molecule has 0 N–H and O–H groups in total. The van der Waals surface area contributed by atoms with Crippen molar-refractivity contribution in [1.29, 1.82) is 0 Å². The van der Waals surface area contributed by atoms with Crippen LogP contribution in [-0.4, -0.2) is 25.6 Å². The zero-order valence-corrected chi connectivity index (χ0v) is 12.3. The van der Waals surface area contributed by atoms with Crippen molar-refractivity contribution in [2.24, 2.45) is 0 Å². The maximum Gasteiger partial charge on any atom is 0.181 e. The van der Waals surface area contributed by atoms with Crippen molar-refractivity contribution in [3.8, 4) is 0 Å². The second-order valence-electron chi connectivity index (χ2n) is 4.98. The first-order chi connectivity index (χ1) is 8.53. The molecule has 0 aliphatic carbocycles. The van der Waals surface area contributed by atoms with E-state index in [1.807, 2.05) is 30.1 Å². The summed E-state index contributed by atoms with van der Waals surface area (Å²) in [4.78, 5) is 0. The van der Waals surface area contributed by atoms with Crippen molar-refractivity contribution in [1.82, 2.24) is 19.8 Å². The Morgan fingerprint density at radius 2 is 2.06 bits per heavy atom. The van der Waals surface area contributed by atoms with Gasteiger partial charge in [0, 0.05) is 5.56 Å². The average molecular weight is 283 g/mol. The smallest absolute Gasteiger partial charge is 0.181 e. The van der Waals surface area contributed by atoms with Gasteiger partial charge in [-0.2, -0.15) is 9.61 Å². The molecule has 0 amide bonds. The van der Waals surface area contributed by atoms with Gasteiger partial charge in [-0.15, -0.1) is 22.0 Å². The van der Waals surface area contributed by atoms with Crippen molar-refractivity contribution in [2.75, 3.05) is 5.75 Å². The van der Waals surface area contributed by atoms with E-state index in [0.29, 0.717) is 5.15 Å². The summed E-state index contributed by atoms with van der Waals surface area (Å²) in [5.41, 5.74) is 2.85. The molecule has 1 saturated heterocycles. The van der Waals surface area contributed by atoms with Crippen LogP contribution in [0, 0.1) is 13.8 Å². The Morgan fingerprint density at radius 1 is 1.28 bits per heavy atom. The van der Waals surface area contributed by atoms with E-state index in [1.165, 1.54) is 12.2 Å². The van der Waals surface area contributed by atoms with Crippen molar-refractivity contribution < 1.29 is 0 Å². The molecule has 6 heteroatoms. The normalized spacial score (nSPS) is 24.0. The Hall–Kier alpha value is -0.810. The zero-order chi connectivity index (χ0) is 12.9. The lowest BCUT2D eigenvalue weighted by Gasteiger charge is -2.19. The third kappa shape index (κ3) is 1.64. The van der Waals surface area contributed by atoms with Gasteiger partial charge in [0.1, 0.15) is 0 Å². The van der Waals surface area contributed by atoms with Gasteiger partial charge in [0.05, 0.1) is 4.75 Å². The van der Waals surface area contributed by atoms with Gasteiger partial charge >= 0.3 is 0 Å². The van der Waals surface area contributed by atoms with E-state index in [9.17, 15) is 0 Å². The second-order valence-corrected chi connectivity index (χ2v) is 6.94. The van der Waals surface area contributed by atoms with Gasteiger partial charge in [-0.1, -0.05) is 11.6 Å². The highest BCUT2D eigenvalue weighted by atomic mass is 35.5. The number of fused-ring (bicyclic) bond motifs is 1. The molecular formula is C12H15ClN4S. The molecule has 1 atom stereocenters. The highest BCUT2D eigenvalue weighted by Gasteiger charge is 2.36. The first-order valence-corrected chi connectivity index (χ1v) is 7.42. The summed E-state index contributed by atoms with van der Waals surface area (Å²) >= 11 is 8.11. The number of hydrogen-bond acceptors (Lipinski definition) is 4. The summed E-state index contributed by atoms with van der Waals surface area (Å²) in [6.45, 7) is 6.19. The van der Waals surface area contributed by atoms with E-state index < -0.39 is 0 Å². The molecule has 0 aromatic carbocycles. The Balaban J connectivity index is 2.26. The summed E-state index contributed by atoms with van der Waals surface area (Å²) in [5.74, 6) is 2.09. The third-order valence-corrected chi connectivity index (χ3v) is 5.60. The number of hydrogen-bond donors (Lipinski definition) is 0. The van der Waals surface area contributed by atoms with Gasteiger partial charge in [0.25, 0.3) is 0 Å². The molecule has 18 heavy (non-hydrogen) atoms. The van der Waals surface area contributed by atoms with Crippen LogP contribution in [0.25, 0.3) is 5.65 Å². The van der Waals surface area contributed by atoms with Crippen LogP contribution in [-0.2, 0) is 4.75 Å². The van der Waals surface area contributed by atoms with E-state index >= 15 is 0 Å². The maximum atomic E-state index is 6.18. The molecule has 0 radical (unpaired) electrons. The van der Waals surface area contributed by atoms with Crippen molar-refractivity contribution >= 4 is 29.0 Å². The molecule has 4 nitrogen and oxygen atoms in total. The lowest BCUT2D eigenvalue weighted by molar-refractivity contribution is 0.583. The number of rotatable bonds is 1. The van der Waals surface area contributed by atoms with E-state index in [-0.39, 0.29) is 4.75 Å². The molecule has 3 heterocycles. The van der Waals surface area contributed by atoms with Crippen LogP contribution in [0.2, 0.25) is 5.15 Å². The summed E-state index contributed by atoms with van der Waals surface area (Å²) in [5, 5.41) is 13.6. The SMILES string of the molecule is Cc1c(Cl)nn2c(C3(C)CCCS3)nnc2c1C. The lowest BCUT2D eigenvalue weighted by Crippen LogP contribution is -2.18. The number of halogens is 1. The Labute approximate surface area is 115 Å². The number of thioether (sulfide) groups is 1. The van der Waals surface area contributed by atoms with Crippen molar-refractivity contribution in [3.05, 3.63) is 22.1 Å². The molecule has 0 bridgehead atoms. The Kier molecular flexibility index (Phi) is 2.79. The molecule has 96 valence electrons. The topological polar surface area (TPSA) is 43.1 Å². The number of nitrogens with zero attached hydrogens (tertiary/aromatic N) is 4. The fraction of sp³-hybridized carbons (Fsp3) is 0.583. The van der Waals surface area contributed by atoms with Crippen LogP contribution >= 0.6 is 23.4 Å². The first kappa shape index (κ1) is 12.2. The van der Waals surface area contributed by atoms with Crippen LogP contribution in [0.1, 0.15) is 36.7 Å². The van der Waals surface area contributed by atoms with Gasteiger partial charge in [-0.25, -0.2) is 0 Å². The standard InChI is InChI=1S/C12H15ClN4S/c1-7-8(2)10-14-15-11(17(10)16-9(7)13)12(3)5-4-6-18-12/h4-6H2,1-3H3. The molecule has 1 aliphatic rings. The summed E-state index contributed by atoms with van der Waals surface area (Å²) < 4.78 is 1.83. The highest BCUT2D eigenvalue weighted by molar-refractivity contribution is 8.00. The predicted molar refractivity (Wildman–Crippen MR) is 74.3 cm³/mol. The largest absolute Gasteiger partial charge is 0.194 e. The van der Waals surface area contributed by atoms with Crippen LogP contribution in [0.3, 0.4) is 0 Å². The predicted octanol–water partition coefficient (Wildman–Crippen LogP) is 3.14. The monoisotopic (exact) mass is 282 g/mol. The molecule has 3 rings (SSSR count). The molecule has 0 spiro atoms. The molecule has 1 aliphatic heterocycles. The van der Waals surface area contributed by atoms with E-state index in [2.05, 4.69) is 22.2 Å². The van der Waals surface area contributed by atoms with Gasteiger partial charge in [0.2, 0.25) is 0 Å². The third-order valence-electron chi connectivity index (χ3n) is 3.73. The molecule has 0 saturated carbocycles. The summed E-state index contributed by atoms with van der Waals surface area (Å²) in [6.07, 6.45) is 2.33. The van der Waals surface area contributed by atoms with E-state index in [4.69, 9.17) is 11.6 Å². The van der Waals surface area contributed by atoms with Crippen LogP contribution in [0.4, 0.5) is 0 Å². The minimum atomic E-state index is 0.0114. The molecule has 2 aromatic heterocycles. The average Bonchev–Trinajstić information content (AvgIpc) is 2.93. The van der Waals surface area contributed by atoms with Crippen LogP contribution in [0.5, 0.6) is 0 Å². The van der Waals surface area contributed by atoms with Gasteiger partial charge in [-0.05, 0) is 44.9 Å². The molecule has 1 unspecified atom stereocenters. The molecule has 1 fully saturated rings. The van der Waals surface area contributed by atoms with Crippen molar-refractivity contribution in [3.63, 3.8) is 0 Å². The Bertz CT molecular complexity index is 616. The Morgan fingerprint density at radius 3 is 2.72 bits per heavy atom. The minimum Gasteiger partial charge on any atom is -0.194 e. The van der Waals surface area contributed by atoms with Crippen molar-refractivity contribution in [2.45, 2.75) is 38.4 Å². The molecular weight excluding hydrogens is 268 g/mol. The minimum absolute atomic E-state index is 0.0114. The highest BCUT2D eigenvalue weighted by Crippen LogP contribution is 2.45. The first-order valence-electron chi connectivity index (χ1n) is 6.05. The van der Waals surface area contributed by atoms with Gasteiger partial charge in [-0.3, -0.25) is 0 Å². The van der Waals surface area contributed by atoms with E-state index in [0.717, 1.165) is 29.0 Å². The van der Waals surface area contributed by atoms with Gasteiger partial charge in [0.15, 0.2) is 16.6 Å².